The number of rotatable bonds is 5. The van der Waals surface area contributed by atoms with Crippen LogP contribution in [0.15, 0.2) is 12.1 Å². The van der Waals surface area contributed by atoms with E-state index in [9.17, 15) is 14.5 Å². The SMILES string of the molecule is NCC1CCCC1COc1cc(F)c(I)cc1[N+](=O)[O-]. The minimum absolute atomic E-state index is 0.00409. The molecule has 1 aromatic carbocycles. The Morgan fingerprint density at radius 2 is 2.15 bits per heavy atom. The monoisotopic (exact) mass is 394 g/mol. The Balaban J connectivity index is 2.12. The fourth-order valence-electron chi connectivity index (χ4n) is 2.62. The molecule has 2 rings (SSSR count). The van der Waals surface area contributed by atoms with Gasteiger partial charge < -0.3 is 10.5 Å². The molecule has 0 aromatic heterocycles. The summed E-state index contributed by atoms with van der Waals surface area (Å²) in [6.07, 6.45) is 3.16. The third-order valence-electron chi connectivity index (χ3n) is 3.77. The zero-order chi connectivity index (χ0) is 14.7. The first-order chi connectivity index (χ1) is 9.52. The van der Waals surface area contributed by atoms with Gasteiger partial charge in [0.15, 0.2) is 5.75 Å². The highest BCUT2D eigenvalue weighted by Crippen LogP contribution is 2.34. The van der Waals surface area contributed by atoms with E-state index in [1.165, 1.54) is 6.07 Å². The first-order valence-corrected chi connectivity index (χ1v) is 7.57. The molecule has 7 heteroatoms. The van der Waals surface area contributed by atoms with Crippen LogP contribution in [0.3, 0.4) is 0 Å². The normalized spacial score (nSPS) is 21.9. The van der Waals surface area contributed by atoms with Crippen LogP contribution in [0.2, 0.25) is 0 Å². The van der Waals surface area contributed by atoms with E-state index >= 15 is 0 Å². The summed E-state index contributed by atoms with van der Waals surface area (Å²) >= 11 is 1.72. The fraction of sp³-hybridized carbons (Fsp3) is 0.538. The average molecular weight is 394 g/mol. The van der Waals surface area contributed by atoms with Gasteiger partial charge in [-0.3, -0.25) is 10.1 Å². The van der Waals surface area contributed by atoms with Gasteiger partial charge in [-0.1, -0.05) is 6.42 Å². The van der Waals surface area contributed by atoms with Crippen LogP contribution in [0.25, 0.3) is 0 Å². The molecule has 0 bridgehead atoms. The Morgan fingerprint density at radius 3 is 2.80 bits per heavy atom. The first-order valence-electron chi connectivity index (χ1n) is 6.49. The van der Waals surface area contributed by atoms with Crippen LogP contribution in [0.5, 0.6) is 5.75 Å². The smallest absolute Gasteiger partial charge is 0.312 e. The zero-order valence-electron chi connectivity index (χ0n) is 10.9. The lowest BCUT2D eigenvalue weighted by atomic mass is 9.97. The van der Waals surface area contributed by atoms with Crippen molar-refractivity contribution in [3.05, 3.63) is 31.6 Å². The lowest BCUT2D eigenvalue weighted by Crippen LogP contribution is -2.23. The van der Waals surface area contributed by atoms with Gasteiger partial charge in [0, 0.05) is 12.1 Å². The molecule has 110 valence electrons. The second kappa shape index (κ2) is 6.66. The standard InChI is InChI=1S/C13H16FIN2O3/c14-10-4-13(12(17(18)19)5-11(10)15)20-7-9-3-1-2-8(9)6-16/h4-5,8-9H,1-3,6-7,16H2. The summed E-state index contributed by atoms with van der Waals surface area (Å²) in [5.41, 5.74) is 5.49. The third-order valence-corrected chi connectivity index (χ3v) is 4.60. The Hall–Kier alpha value is -0.960. The van der Waals surface area contributed by atoms with Gasteiger partial charge in [0.1, 0.15) is 5.82 Å². The molecule has 0 spiro atoms. The van der Waals surface area contributed by atoms with Gasteiger partial charge in [0.2, 0.25) is 0 Å². The average Bonchev–Trinajstić information content (AvgIpc) is 2.86. The maximum Gasteiger partial charge on any atom is 0.312 e. The number of hydrogen-bond acceptors (Lipinski definition) is 4. The number of nitrogens with two attached hydrogens (primary N) is 1. The number of nitro groups is 1. The second-order valence-corrected chi connectivity index (χ2v) is 6.15. The van der Waals surface area contributed by atoms with Crippen molar-refractivity contribution >= 4 is 28.3 Å². The van der Waals surface area contributed by atoms with Gasteiger partial charge in [-0.2, -0.15) is 0 Å². The molecule has 2 unspecified atom stereocenters. The molecule has 0 heterocycles. The van der Waals surface area contributed by atoms with Gasteiger partial charge in [-0.05, 0) is 53.8 Å². The summed E-state index contributed by atoms with van der Waals surface area (Å²) < 4.78 is 19.3. The Kier molecular flexibility index (Phi) is 5.14. The summed E-state index contributed by atoms with van der Waals surface area (Å²) in [7, 11) is 0. The van der Waals surface area contributed by atoms with Crippen molar-refractivity contribution in [2.24, 2.45) is 17.6 Å². The van der Waals surface area contributed by atoms with Gasteiger partial charge in [0.05, 0.1) is 15.1 Å². The molecular weight excluding hydrogens is 378 g/mol. The van der Waals surface area contributed by atoms with Gasteiger partial charge in [0.25, 0.3) is 0 Å². The number of benzene rings is 1. The summed E-state index contributed by atoms with van der Waals surface area (Å²) in [6, 6.07) is 2.28. The molecule has 1 saturated carbocycles. The fourth-order valence-corrected chi connectivity index (χ4v) is 3.07. The van der Waals surface area contributed by atoms with Gasteiger partial charge >= 0.3 is 5.69 Å². The van der Waals surface area contributed by atoms with E-state index in [0.717, 1.165) is 25.3 Å². The first kappa shape index (κ1) is 15.4. The van der Waals surface area contributed by atoms with Crippen LogP contribution < -0.4 is 10.5 Å². The van der Waals surface area contributed by atoms with Crippen molar-refractivity contribution in [2.75, 3.05) is 13.2 Å². The minimum atomic E-state index is -0.550. The van der Waals surface area contributed by atoms with Crippen LogP contribution in [-0.4, -0.2) is 18.1 Å². The zero-order valence-corrected chi connectivity index (χ0v) is 13.0. The highest BCUT2D eigenvalue weighted by molar-refractivity contribution is 14.1. The largest absolute Gasteiger partial charge is 0.486 e. The van der Waals surface area contributed by atoms with E-state index in [1.807, 2.05) is 0 Å². The van der Waals surface area contributed by atoms with E-state index < -0.39 is 10.7 Å². The van der Waals surface area contributed by atoms with Crippen LogP contribution >= 0.6 is 22.6 Å². The van der Waals surface area contributed by atoms with E-state index in [4.69, 9.17) is 10.5 Å². The minimum Gasteiger partial charge on any atom is -0.486 e. The summed E-state index contributed by atoms with van der Waals surface area (Å²) in [6.45, 7) is 0.944. The molecule has 0 radical (unpaired) electrons. The molecule has 1 aliphatic carbocycles. The molecule has 1 aromatic rings. The van der Waals surface area contributed by atoms with Crippen LogP contribution in [0, 0.1) is 31.3 Å². The summed E-state index contributed by atoms with van der Waals surface area (Å²) in [4.78, 5) is 10.4. The van der Waals surface area contributed by atoms with Crippen LogP contribution in [0.1, 0.15) is 19.3 Å². The number of ether oxygens (including phenoxy) is 1. The molecule has 1 fully saturated rings. The predicted octanol–water partition coefficient (Wildman–Crippen LogP) is 3.09. The Morgan fingerprint density at radius 1 is 1.45 bits per heavy atom. The van der Waals surface area contributed by atoms with Crippen LogP contribution in [-0.2, 0) is 0 Å². The van der Waals surface area contributed by atoms with Crippen molar-refractivity contribution in [1.29, 1.82) is 0 Å². The maximum atomic E-state index is 13.5. The highest BCUT2D eigenvalue weighted by Gasteiger charge is 2.28. The molecule has 0 saturated heterocycles. The lowest BCUT2D eigenvalue weighted by Gasteiger charge is -2.18. The number of nitro benzene ring substituents is 1. The highest BCUT2D eigenvalue weighted by atomic mass is 127. The topological polar surface area (TPSA) is 78.4 Å². The van der Waals surface area contributed by atoms with Crippen molar-refractivity contribution in [3.8, 4) is 5.75 Å². The third kappa shape index (κ3) is 3.38. The van der Waals surface area contributed by atoms with Gasteiger partial charge in [-0.25, -0.2) is 4.39 Å². The maximum absolute atomic E-state index is 13.5. The van der Waals surface area contributed by atoms with Crippen molar-refractivity contribution in [1.82, 2.24) is 0 Å². The van der Waals surface area contributed by atoms with Crippen molar-refractivity contribution in [3.63, 3.8) is 0 Å². The lowest BCUT2D eigenvalue weighted by molar-refractivity contribution is -0.386. The Labute approximate surface area is 130 Å². The van der Waals surface area contributed by atoms with Gasteiger partial charge in [-0.15, -0.1) is 0 Å². The van der Waals surface area contributed by atoms with Crippen LogP contribution in [0.4, 0.5) is 10.1 Å². The molecule has 1 aliphatic rings. The molecule has 0 amide bonds. The van der Waals surface area contributed by atoms with E-state index in [1.54, 1.807) is 22.6 Å². The molecule has 2 N–H and O–H groups in total. The molecule has 0 aliphatic heterocycles. The number of halogens is 2. The summed E-state index contributed by atoms with van der Waals surface area (Å²) in [5, 5.41) is 11.0. The Bertz CT molecular complexity index is 513. The van der Waals surface area contributed by atoms with Crippen molar-refractivity contribution in [2.45, 2.75) is 19.3 Å². The number of hydrogen-bond donors (Lipinski definition) is 1. The molecule has 2 atom stereocenters. The van der Waals surface area contributed by atoms with Crippen molar-refractivity contribution < 1.29 is 14.1 Å². The number of nitrogens with zero attached hydrogens (tertiary/aromatic N) is 1. The molecular formula is C13H16FIN2O3. The summed E-state index contributed by atoms with van der Waals surface area (Å²) in [5.74, 6) is 0.174. The molecule has 20 heavy (non-hydrogen) atoms. The predicted molar refractivity (Wildman–Crippen MR) is 81.2 cm³/mol. The van der Waals surface area contributed by atoms with E-state index in [2.05, 4.69) is 0 Å². The van der Waals surface area contributed by atoms with E-state index in [-0.39, 0.29) is 15.0 Å². The second-order valence-electron chi connectivity index (χ2n) is 4.99. The quantitative estimate of drug-likeness (QED) is 0.473. The molecule has 5 nitrogen and oxygen atoms in total. The van der Waals surface area contributed by atoms with E-state index in [0.29, 0.717) is 25.0 Å².